The summed E-state index contributed by atoms with van der Waals surface area (Å²) < 4.78 is 0. The first-order valence-electron chi connectivity index (χ1n) is 4.83. The van der Waals surface area contributed by atoms with Crippen LogP contribution in [-0.4, -0.2) is 27.7 Å². The maximum absolute atomic E-state index is 8.94. The standard InChI is InChI=1S/C10H17N3O/c1-8(6-14)9(2)12-5-10-3-4-11-7-13-10/h3-4,7-9,12,14H,5-6H2,1-2H3. The molecule has 0 radical (unpaired) electrons. The van der Waals surface area contributed by atoms with E-state index in [1.165, 1.54) is 6.33 Å². The van der Waals surface area contributed by atoms with Gasteiger partial charge in [-0.3, -0.25) is 0 Å². The molecule has 2 N–H and O–H groups in total. The highest BCUT2D eigenvalue weighted by atomic mass is 16.3. The largest absolute Gasteiger partial charge is 0.396 e. The smallest absolute Gasteiger partial charge is 0.115 e. The van der Waals surface area contributed by atoms with Crippen LogP contribution in [-0.2, 0) is 6.54 Å². The molecule has 1 rings (SSSR count). The molecule has 4 nitrogen and oxygen atoms in total. The molecule has 78 valence electrons. The van der Waals surface area contributed by atoms with Gasteiger partial charge in [0.05, 0.1) is 5.69 Å². The molecule has 0 aliphatic heterocycles. The minimum atomic E-state index is 0.206. The van der Waals surface area contributed by atoms with Crippen LogP contribution in [0, 0.1) is 5.92 Å². The minimum absolute atomic E-state index is 0.206. The molecule has 0 aliphatic rings. The highest BCUT2D eigenvalue weighted by Gasteiger charge is 2.09. The Kier molecular flexibility index (Phi) is 4.49. The van der Waals surface area contributed by atoms with Crippen LogP contribution in [0.15, 0.2) is 18.6 Å². The molecule has 1 aromatic heterocycles. The number of nitrogens with one attached hydrogen (secondary N) is 1. The lowest BCUT2D eigenvalue weighted by atomic mass is 10.1. The molecule has 0 aromatic carbocycles. The molecule has 0 aliphatic carbocycles. The summed E-state index contributed by atoms with van der Waals surface area (Å²) in [5.74, 6) is 0.261. The average molecular weight is 195 g/mol. The molecule has 0 saturated heterocycles. The topological polar surface area (TPSA) is 58.0 Å². The summed E-state index contributed by atoms with van der Waals surface area (Å²) in [6.45, 7) is 4.99. The van der Waals surface area contributed by atoms with E-state index in [-0.39, 0.29) is 18.6 Å². The summed E-state index contributed by atoms with van der Waals surface area (Å²) in [6, 6.07) is 2.17. The average Bonchev–Trinajstić information content (AvgIpc) is 2.26. The lowest BCUT2D eigenvalue weighted by Crippen LogP contribution is -2.33. The number of hydrogen-bond acceptors (Lipinski definition) is 4. The van der Waals surface area contributed by atoms with Gasteiger partial charge in [0.1, 0.15) is 6.33 Å². The van der Waals surface area contributed by atoms with Gasteiger partial charge in [-0.15, -0.1) is 0 Å². The lowest BCUT2D eigenvalue weighted by Gasteiger charge is -2.18. The first-order chi connectivity index (χ1) is 6.74. The fourth-order valence-electron chi connectivity index (χ4n) is 1.05. The summed E-state index contributed by atoms with van der Waals surface area (Å²) >= 11 is 0. The Morgan fingerprint density at radius 1 is 1.50 bits per heavy atom. The molecular formula is C10H17N3O. The van der Waals surface area contributed by atoms with Crippen molar-refractivity contribution in [1.82, 2.24) is 15.3 Å². The zero-order valence-corrected chi connectivity index (χ0v) is 8.64. The molecule has 4 heteroatoms. The van der Waals surface area contributed by atoms with Crippen LogP contribution in [0.25, 0.3) is 0 Å². The highest BCUT2D eigenvalue weighted by Crippen LogP contribution is 2.01. The second-order valence-corrected chi connectivity index (χ2v) is 3.53. The van der Waals surface area contributed by atoms with Crippen molar-refractivity contribution in [3.63, 3.8) is 0 Å². The lowest BCUT2D eigenvalue weighted by molar-refractivity contribution is 0.206. The third-order valence-electron chi connectivity index (χ3n) is 2.39. The van der Waals surface area contributed by atoms with Gasteiger partial charge >= 0.3 is 0 Å². The molecule has 2 atom stereocenters. The number of aliphatic hydroxyl groups is 1. The Morgan fingerprint density at radius 2 is 2.29 bits per heavy atom. The van der Waals surface area contributed by atoms with Crippen LogP contribution in [0.5, 0.6) is 0 Å². The van der Waals surface area contributed by atoms with E-state index < -0.39 is 0 Å². The fraction of sp³-hybridized carbons (Fsp3) is 0.600. The first-order valence-corrected chi connectivity index (χ1v) is 4.83. The maximum Gasteiger partial charge on any atom is 0.115 e. The van der Waals surface area contributed by atoms with Gasteiger partial charge in [-0.2, -0.15) is 0 Å². The van der Waals surface area contributed by atoms with E-state index in [1.807, 2.05) is 13.0 Å². The summed E-state index contributed by atoms with van der Waals surface area (Å²) in [4.78, 5) is 7.94. The van der Waals surface area contributed by atoms with E-state index in [4.69, 9.17) is 5.11 Å². The van der Waals surface area contributed by atoms with Gasteiger partial charge in [0.25, 0.3) is 0 Å². The SMILES string of the molecule is CC(CO)C(C)NCc1ccncn1. The Bertz CT molecular complexity index is 253. The van der Waals surface area contributed by atoms with Gasteiger partial charge in [-0.05, 0) is 18.9 Å². The van der Waals surface area contributed by atoms with Crippen molar-refractivity contribution >= 4 is 0 Å². The fourth-order valence-corrected chi connectivity index (χ4v) is 1.05. The van der Waals surface area contributed by atoms with Crippen molar-refractivity contribution < 1.29 is 5.11 Å². The first kappa shape index (κ1) is 11.1. The van der Waals surface area contributed by atoms with Crippen LogP contribution in [0.3, 0.4) is 0 Å². The van der Waals surface area contributed by atoms with Gasteiger partial charge in [0.2, 0.25) is 0 Å². The minimum Gasteiger partial charge on any atom is -0.396 e. The molecule has 1 aromatic rings. The molecule has 0 spiro atoms. The van der Waals surface area contributed by atoms with Crippen LogP contribution in [0.1, 0.15) is 19.5 Å². The van der Waals surface area contributed by atoms with Crippen molar-refractivity contribution in [2.75, 3.05) is 6.61 Å². The predicted molar refractivity (Wildman–Crippen MR) is 54.6 cm³/mol. The van der Waals surface area contributed by atoms with E-state index in [0.717, 1.165) is 5.69 Å². The predicted octanol–water partition coefficient (Wildman–Crippen LogP) is 0.583. The molecule has 2 unspecified atom stereocenters. The quantitative estimate of drug-likeness (QED) is 0.721. The van der Waals surface area contributed by atoms with Crippen molar-refractivity contribution in [2.45, 2.75) is 26.4 Å². The van der Waals surface area contributed by atoms with Gasteiger partial charge in [-0.25, -0.2) is 9.97 Å². The number of hydrogen-bond donors (Lipinski definition) is 2. The van der Waals surface area contributed by atoms with Crippen molar-refractivity contribution in [3.8, 4) is 0 Å². The van der Waals surface area contributed by atoms with Crippen molar-refractivity contribution in [1.29, 1.82) is 0 Å². The second-order valence-electron chi connectivity index (χ2n) is 3.53. The molecular weight excluding hydrogens is 178 g/mol. The van der Waals surface area contributed by atoms with Crippen molar-refractivity contribution in [2.24, 2.45) is 5.92 Å². The molecule has 1 heterocycles. The molecule has 0 fully saturated rings. The zero-order valence-electron chi connectivity index (χ0n) is 8.64. The van der Waals surface area contributed by atoms with E-state index >= 15 is 0 Å². The zero-order chi connectivity index (χ0) is 10.4. The Hall–Kier alpha value is -1.00. The van der Waals surface area contributed by atoms with Crippen LogP contribution >= 0.6 is 0 Å². The number of rotatable bonds is 5. The van der Waals surface area contributed by atoms with Gasteiger partial charge < -0.3 is 10.4 Å². The maximum atomic E-state index is 8.94. The normalized spacial score (nSPS) is 15.1. The van der Waals surface area contributed by atoms with Crippen molar-refractivity contribution in [3.05, 3.63) is 24.3 Å². The van der Waals surface area contributed by atoms with E-state index in [9.17, 15) is 0 Å². The van der Waals surface area contributed by atoms with Crippen LogP contribution in [0.4, 0.5) is 0 Å². The third-order valence-corrected chi connectivity index (χ3v) is 2.39. The summed E-state index contributed by atoms with van der Waals surface area (Å²) in [7, 11) is 0. The monoisotopic (exact) mass is 195 g/mol. The summed E-state index contributed by atoms with van der Waals surface area (Å²) in [5, 5.41) is 12.2. The Balaban J connectivity index is 2.34. The number of aromatic nitrogens is 2. The molecule has 0 amide bonds. The summed E-state index contributed by atoms with van der Waals surface area (Å²) in [5.41, 5.74) is 0.969. The van der Waals surface area contributed by atoms with E-state index in [2.05, 4.69) is 22.2 Å². The Labute approximate surface area is 84.4 Å². The summed E-state index contributed by atoms with van der Waals surface area (Å²) in [6.07, 6.45) is 3.27. The van der Waals surface area contributed by atoms with E-state index in [1.54, 1.807) is 6.20 Å². The molecule has 14 heavy (non-hydrogen) atoms. The number of nitrogens with zero attached hydrogens (tertiary/aromatic N) is 2. The third kappa shape index (κ3) is 3.40. The molecule has 0 bridgehead atoms. The van der Waals surface area contributed by atoms with Crippen LogP contribution < -0.4 is 5.32 Å². The second kappa shape index (κ2) is 5.67. The van der Waals surface area contributed by atoms with Gasteiger partial charge in [0, 0.05) is 25.4 Å². The van der Waals surface area contributed by atoms with Gasteiger partial charge in [0.15, 0.2) is 0 Å². The Morgan fingerprint density at radius 3 is 2.86 bits per heavy atom. The van der Waals surface area contributed by atoms with Gasteiger partial charge in [-0.1, -0.05) is 6.92 Å². The van der Waals surface area contributed by atoms with E-state index in [0.29, 0.717) is 6.54 Å². The van der Waals surface area contributed by atoms with Crippen LogP contribution in [0.2, 0.25) is 0 Å². The highest BCUT2D eigenvalue weighted by molar-refractivity contribution is 4.97. The molecule has 0 saturated carbocycles. The number of aliphatic hydroxyl groups excluding tert-OH is 1.